The van der Waals surface area contributed by atoms with Crippen molar-refractivity contribution in [3.8, 4) is 0 Å². The Morgan fingerprint density at radius 3 is 2.59 bits per heavy atom. The van der Waals surface area contributed by atoms with E-state index in [1.54, 1.807) is 6.08 Å². The molecule has 2 aliphatic heterocycles. The van der Waals surface area contributed by atoms with Gasteiger partial charge in [0, 0.05) is 18.8 Å². The lowest BCUT2D eigenvalue weighted by Crippen LogP contribution is -2.48. The highest BCUT2D eigenvalue weighted by atomic mass is 32.2. The van der Waals surface area contributed by atoms with Crippen molar-refractivity contribution in [3.05, 3.63) is 12.2 Å². The van der Waals surface area contributed by atoms with E-state index in [1.807, 2.05) is 6.92 Å². The highest BCUT2D eigenvalue weighted by Crippen LogP contribution is 2.45. The molecule has 7 nitrogen and oxygen atoms in total. The molecule has 0 N–H and O–H groups in total. The minimum absolute atomic E-state index is 0.0486. The van der Waals surface area contributed by atoms with E-state index in [0.29, 0.717) is 26.1 Å². The molecule has 0 amide bonds. The molecule has 2 heterocycles. The first kappa shape index (κ1) is 15.9. The van der Waals surface area contributed by atoms with Crippen molar-refractivity contribution >= 4 is 16.1 Å². The zero-order valence-electron chi connectivity index (χ0n) is 12.6. The maximum atomic E-state index is 12.2. The van der Waals surface area contributed by atoms with Crippen molar-refractivity contribution in [1.82, 2.24) is 0 Å². The molecular formula is C14H20O7S. The summed E-state index contributed by atoms with van der Waals surface area (Å²) in [5, 5.41) is 0. The van der Waals surface area contributed by atoms with Crippen molar-refractivity contribution in [2.24, 2.45) is 11.8 Å². The number of esters is 1. The van der Waals surface area contributed by atoms with Gasteiger partial charge in [-0.25, -0.2) is 8.98 Å². The summed E-state index contributed by atoms with van der Waals surface area (Å²) in [7, 11) is -3.83. The van der Waals surface area contributed by atoms with Gasteiger partial charge in [-0.1, -0.05) is 13.0 Å². The number of hydrogen-bond donors (Lipinski definition) is 0. The number of allylic oxidation sites excluding steroid dienone is 1. The molecule has 0 aromatic rings. The molecular weight excluding hydrogens is 312 g/mol. The molecule has 2 fully saturated rings. The van der Waals surface area contributed by atoms with Gasteiger partial charge in [0.05, 0.1) is 26.1 Å². The van der Waals surface area contributed by atoms with Crippen molar-refractivity contribution < 1.29 is 31.6 Å². The number of carbonyl (C=O) groups is 1. The average Bonchev–Trinajstić information content (AvgIpc) is 2.94. The molecule has 3 rings (SSSR count). The van der Waals surface area contributed by atoms with Crippen LogP contribution in [0, 0.1) is 11.8 Å². The van der Waals surface area contributed by atoms with Gasteiger partial charge >= 0.3 is 5.97 Å². The molecule has 0 radical (unpaired) electrons. The summed E-state index contributed by atoms with van der Waals surface area (Å²) < 4.78 is 45.1. The number of carbonyl (C=O) groups excluding carboxylic acids is 1. The van der Waals surface area contributed by atoms with E-state index >= 15 is 0 Å². The molecule has 124 valence electrons. The zero-order valence-corrected chi connectivity index (χ0v) is 13.4. The van der Waals surface area contributed by atoms with E-state index < -0.39 is 33.4 Å². The fraction of sp³-hybridized carbons (Fsp3) is 0.786. The van der Waals surface area contributed by atoms with Crippen LogP contribution in [0.4, 0.5) is 0 Å². The molecule has 0 aromatic carbocycles. The smallest absolute Gasteiger partial charge is 0.344 e. The molecule has 3 atom stereocenters. The van der Waals surface area contributed by atoms with Crippen molar-refractivity contribution in [3.63, 3.8) is 0 Å². The fourth-order valence-corrected chi connectivity index (χ4v) is 4.19. The average molecular weight is 332 g/mol. The van der Waals surface area contributed by atoms with Crippen LogP contribution in [0.3, 0.4) is 0 Å². The number of cyclic esters (lactones) is 1. The quantitative estimate of drug-likeness (QED) is 0.416. The highest BCUT2D eigenvalue weighted by Gasteiger charge is 2.58. The maximum Gasteiger partial charge on any atom is 0.344 e. The standard InChI is InChI=1S/C14H20O7S/c1-10-3-4-14(21-22(2,16)17)11(9-18-12(14)15)8-13(7-10)19-5-6-20-13/h3-4,10-11H,5-9H2,1-2H3/b4-3-/t10-,11+,14-/m1/s1. The predicted octanol–water partition coefficient (Wildman–Crippen LogP) is 0.604. The largest absolute Gasteiger partial charge is 0.463 e. The van der Waals surface area contributed by atoms with Crippen LogP contribution in [0.15, 0.2) is 12.2 Å². The first-order valence-electron chi connectivity index (χ1n) is 7.30. The summed E-state index contributed by atoms with van der Waals surface area (Å²) in [4.78, 5) is 12.2. The van der Waals surface area contributed by atoms with Gasteiger partial charge in [0.1, 0.15) is 0 Å². The van der Waals surface area contributed by atoms with E-state index in [-0.39, 0.29) is 12.5 Å². The Morgan fingerprint density at radius 2 is 1.95 bits per heavy atom. The van der Waals surface area contributed by atoms with E-state index in [2.05, 4.69) is 0 Å². The monoisotopic (exact) mass is 332 g/mol. The van der Waals surface area contributed by atoms with Gasteiger partial charge in [0.2, 0.25) is 5.60 Å². The number of ether oxygens (including phenoxy) is 3. The molecule has 0 saturated carbocycles. The second-order valence-corrected chi connectivity index (χ2v) is 7.80. The number of hydrogen-bond acceptors (Lipinski definition) is 7. The lowest BCUT2D eigenvalue weighted by molar-refractivity contribution is -0.186. The second-order valence-electron chi connectivity index (χ2n) is 6.23. The summed E-state index contributed by atoms with van der Waals surface area (Å²) >= 11 is 0. The first-order valence-corrected chi connectivity index (χ1v) is 9.11. The number of fused-ring (bicyclic) bond motifs is 1. The summed E-state index contributed by atoms with van der Waals surface area (Å²) in [6, 6.07) is 0. The second kappa shape index (κ2) is 5.30. The van der Waals surface area contributed by atoms with Crippen molar-refractivity contribution in [2.75, 3.05) is 26.1 Å². The molecule has 22 heavy (non-hydrogen) atoms. The summed E-state index contributed by atoms with van der Waals surface area (Å²) in [6.45, 7) is 3.01. The molecule has 8 heteroatoms. The van der Waals surface area contributed by atoms with Gasteiger partial charge in [0.25, 0.3) is 10.1 Å². The Hall–Kier alpha value is -0.960. The third-order valence-electron chi connectivity index (χ3n) is 4.31. The minimum Gasteiger partial charge on any atom is -0.463 e. The van der Waals surface area contributed by atoms with E-state index in [4.69, 9.17) is 18.4 Å². The molecule has 3 aliphatic rings. The summed E-state index contributed by atoms with van der Waals surface area (Å²) in [6.07, 6.45) is 5.22. The fourth-order valence-electron chi connectivity index (χ4n) is 3.43. The van der Waals surface area contributed by atoms with E-state index in [1.165, 1.54) is 6.08 Å². The van der Waals surface area contributed by atoms with Crippen molar-refractivity contribution in [2.45, 2.75) is 31.2 Å². The predicted molar refractivity (Wildman–Crippen MR) is 75.3 cm³/mol. The maximum absolute atomic E-state index is 12.2. The Labute approximate surface area is 129 Å². The van der Waals surface area contributed by atoms with Crippen LogP contribution in [-0.4, -0.2) is 51.9 Å². The van der Waals surface area contributed by atoms with Crippen LogP contribution in [0.2, 0.25) is 0 Å². The molecule has 1 aliphatic carbocycles. The summed E-state index contributed by atoms with van der Waals surface area (Å²) in [5.41, 5.74) is -1.62. The van der Waals surface area contributed by atoms with Crippen LogP contribution in [0.1, 0.15) is 19.8 Å². The van der Waals surface area contributed by atoms with Gasteiger partial charge in [0.15, 0.2) is 5.79 Å². The third-order valence-corrected chi connectivity index (χ3v) is 4.89. The topological polar surface area (TPSA) is 88.1 Å². The van der Waals surface area contributed by atoms with Gasteiger partial charge in [-0.05, 0) is 12.0 Å². The van der Waals surface area contributed by atoms with Gasteiger partial charge in [-0.15, -0.1) is 0 Å². The minimum atomic E-state index is -3.83. The van der Waals surface area contributed by atoms with Crippen LogP contribution < -0.4 is 0 Å². The SMILES string of the molecule is C[C@@H]1/C=C\[C@]2(OS(C)(=O)=O)C(=O)OC[C@@H]2CC2(C1)OCCO2. The molecule has 0 unspecified atom stereocenters. The van der Waals surface area contributed by atoms with E-state index in [0.717, 1.165) is 6.26 Å². The lowest BCUT2D eigenvalue weighted by Gasteiger charge is -2.37. The normalized spacial score (nSPS) is 39.1. The van der Waals surface area contributed by atoms with Crippen LogP contribution in [-0.2, 0) is 33.3 Å². The van der Waals surface area contributed by atoms with Crippen LogP contribution in [0.5, 0.6) is 0 Å². The molecule has 0 aromatic heterocycles. The van der Waals surface area contributed by atoms with Gasteiger partial charge in [-0.2, -0.15) is 8.42 Å². The Morgan fingerprint density at radius 1 is 1.27 bits per heavy atom. The molecule has 1 spiro atoms. The Bertz CT molecular complexity index is 590. The zero-order chi connectivity index (χ0) is 16.0. The van der Waals surface area contributed by atoms with Crippen LogP contribution in [0.25, 0.3) is 0 Å². The third kappa shape index (κ3) is 2.80. The Kier molecular flexibility index (Phi) is 3.83. The summed E-state index contributed by atoms with van der Waals surface area (Å²) in [5.74, 6) is -1.92. The lowest BCUT2D eigenvalue weighted by atomic mass is 9.79. The molecule has 0 bridgehead atoms. The van der Waals surface area contributed by atoms with E-state index in [9.17, 15) is 13.2 Å². The molecule has 2 saturated heterocycles. The van der Waals surface area contributed by atoms with Gasteiger partial charge in [-0.3, -0.25) is 0 Å². The van der Waals surface area contributed by atoms with Crippen LogP contribution >= 0.6 is 0 Å². The van der Waals surface area contributed by atoms with Crippen molar-refractivity contribution in [1.29, 1.82) is 0 Å². The number of rotatable bonds is 2. The Balaban J connectivity index is 2.02. The first-order chi connectivity index (χ1) is 10.2. The van der Waals surface area contributed by atoms with Gasteiger partial charge < -0.3 is 14.2 Å². The highest BCUT2D eigenvalue weighted by molar-refractivity contribution is 7.86.